The van der Waals surface area contributed by atoms with E-state index in [1.165, 1.54) is 4.90 Å². The molecule has 3 heterocycles. The van der Waals surface area contributed by atoms with E-state index >= 15 is 0 Å². The van der Waals surface area contributed by atoms with Crippen LogP contribution in [0.5, 0.6) is 0 Å². The molecule has 1 saturated carbocycles. The van der Waals surface area contributed by atoms with Crippen LogP contribution in [0.3, 0.4) is 0 Å². The number of hydrogen-bond acceptors (Lipinski definition) is 5. The highest BCUT2D eigenvalue weighted by Crippen LogP contribution is 2.53. The maximum Gasteiger partial charge on any atom is 0.421 e. The van der Waals surface area contributed by atoms with Gasteiger partial charge < -0.3 is 15.7 Å². The number of halogens is 3. The molecule has 3 N–H and O–H groups in total. The van der Waals surface area contributed by atoms with Crippen molar-refractivity contribution in [3.05, 3.63) is 41.1 Å². The maximum absolute atomic E-state index is 13.2. The van der Waals surface area contributed by atoms with Gasteiger partial charge in [0.2, 0.25) is 5.95 Å². The Bertz CT molecular complexity index is 992. The molecule has 1 aromatic carbocycles. The fraction of sp³-hybridized carbons (Fsp3) is 0.421. The van der Waals surface area contributed by atoms with Crippen LogP contribution in [0.4, 0.5) is 35.4 Å². The van der Waals surface area contributed by atoms with Crippen molar-refractivity contribution in [3.63, 3.8) is 0 Å². The van der Waals surface area contributed by atoms with Gasteiger partial charge in [-0.3, -0.25) is 4.90 Å². The Kier molecular flexibility index (Phi) is 3.87. The normalized spacial score (nSPS) is 22.5. The molecule has 0 unspecified atom stereocenters. The van der Waals surface area contributed by atoms with Crippen molar-refractivity contribution < 1.29 is 23.1 Å². The Morgan fingerprint density at radius 2 is 1.86 bits per heavy atom. The number of hydrogen-bond donors (Lipinski definition) is 3. The average Bonchev–Trinajstić information content (AvgIpc) is 3.27. The minimum Gasteiger partial charge on any atom is -0.465 e. The largest absolute Gasteiger partial charge is 0.465 e. The van der Waals surface area contributed by atoms with Crippen LogP contribution in [0.25, 0.3) is 0 Å². The van der Waals surface area contributed by atoms with E-state index in [0.717, 1.165) is 43.0 Å². The van der Waals surface area contributed by atoms with E-state index in [9.17, 15) is 23.1 Å². The molecule has 10 heteroatoms. The molecule has 2 aromatic rings. The molecule has 152 valence electrons. The predicted molar refractivity (Wildman–Crippen MR) is 98.0 cm³/mol. The minimum atomic E-state index is -4.54. The molecule has 2 fully saturated rings. The van der Waals surface area contributed by atoms with Crippen LogP contribution >= 0.6 is 0 Å². The summed E-state index contributed by atoms with van der Waals surface area (Å²) in [4.78, 5) is 20.9. The Morgan fingerprint density at radius 1 is 1.14 bits per heavy atom. The molecule has 3 aliphatic rings. The third kappa shape index (κ3) is 3.12. The molecular weight excluding hydrogens is 387 g/mol. The van der Waals surface area contributed by atoms with Crippen LogP contribution in [0, 0.1) is 0 Å². The van der Waals surface area contributed by atoms with Crippen molar-refractivity contribution in [1.82, 2.24) is 14.9 Å². The molecule has 2 bridgehead atoms. The van der Waals surface area contributed by atoms with Gasteiger partial charge in [-0.25, -0.2) is 9.78 Å². The maximum atomic E-state index is 13.2. The van der Waals surface area contributed by atoms with Gasteiger partial charge in [0.15, 0.2) is 0 Å². The zero-order valence-corrected chi connectivity index (χ0v) is 15.2. The highest BCUT2D eigenvalue weighted by molar-refractivity contribution is 5.71. The van der Waals surface area contributed by atoms with E-state index in [1.54, 1.807) is 6.07 Å². The molecule has 1 amide bonds. The summed E-state index contributed by atoms with van der Waals surface area (Å²) in [6, 6.07) is 5.17. The summed E-state index contributed by atoms with van der Waals surface area (Å²) in [6.45, 7) is 0. The molecule has 1 saturated heterocycles. The van der Waals surface area contributed by atoms with Crippen LogP contribution in [-0.4, -0.2) is 32.1 Å². The van der Waals surface area contributed by atoms with E-state index in [1.807, 2.05) is 12.1 Å². The van der Waals surface area contributed by atoms with Crippen molar-refractivity contribution >= 4 is 23.5 Å². The first-order valence-corrected chi connectivity index (χ1v) is 9.44. The topological polar surface area (TPSA) is 90.4 Å². The van der Waals surface area contributed by atoms with Gasteiger partial charge in [0.1, 0.15) is 11.4 Å². The van der Waals surface area contributed by atoms with Crippen LogP contribution in [0.1, 0.15) is 54.5 Å². The van der Waals surface area contributed by atoms with Crippen LogP contribution in [-0.2, 0) is 6.18 Å². The first-order chi connectivity index (χ1) is 13.8. The zero-order chi connectivity index (χ0) is 20.3. The van der Waals surface area contributed by atoms with Crippen molar-refractivity contribution in [2.24, 2.45) is 0 Å². The SMILES string of the molecule is O=C(O)N1[C@@H]2CC[C@H]1c1ccc(Nc3ncc(C(F)(F)F)c(NC4CC4)n3)cc12. The summed E-state index contributed by atoms with van der Waals surface area (Å²) in [7, 11) is 0. The van der Waals surface area contributed by atoms with Crippen molar-refractivity contribution in [2.75, 3.05) is 10.6 Å². The smallest absolute Gasteiger partial charge is 0.421 e. The van der Waals surface area contributed by atoms with Crippen molar-refractivity contribution in [3.8, 4) is 0 Å². The number of nitrogens with one attached hydrogen (secondary N) is 2. The van der Waals surface area contributed by atoms with Gasteiger partial charge in [0, 0.05) is 17.9 Å². The molecule has 29 heavy (non-hydrogen) atoms. The average molecular weight is 405 g/mol. The number of benzene rings is 1. The third-order valence-corrected chi connectivity index (χ3v) is 5.68. The third-order valence-electron chi connectivity index (χ3n) is 5.68. The summed E-state index contributed by atoms with van der Waals surface area (Å²) in [5.74, 6) is -0.172. The highest BCUT2D eigenvalue weighted by atomic mass is 19.4. The summed E-state index contributed by atoms with van der Waals surface area (Å²) in [6.07, 6.45) is -1.50. The number of alkyl halides is 3. The van der Waals surface area contributed by atoms with Gasteiger partial charge >= 0.3 is 12.3 Å². The molecule has 2 aliphatic heterocycles. The number of aromatic nitrogens is 2. The number of carbonyl (C=O) groups is 1. The highest BCUT2D eigenvalue weighted by Gasteiger charge is 2.46. The fourth-order valence-electron chi connectivity index (χ4n) is 4.24. The molecule has 2 atom stereocenters. The van der Waals surface area contributed by atoms with Crippen molar-refractivity contribution in [2.45, 2.75) is 50.0 Å². The first-order valence-electron chi connectivity index (χ1n) is 9.44. The number of amides is 1. The molecule has 1 aliphatic carbocycles. The Hall–Kier alpha value is -3.04. The van der Waals surface area contributed by atoms with Gasteiger partial charge in [-0.1, -0.05) is 6.07 Å². The van der Waals surface area contributed by atoms with Gasteiger partial charge in [-0.15, -0.1) is 0 Å². The van der Waals surface area contributed by atoms with E-state index in [0.29, 0.717) is 5.69 Å². The van der Waals surface area contributed by atoms with E-state index in [-0.39, 0.29) is 29.9 Å². The van der Waals surface area contributed by atoms with Gasteiger partial charge in [0.05, 0.1) is 12.1 Å². The van der Waals surface area contributed by atoms with Gasteiger partial charge in [-0.05, 0) is 48.9 Å². The second-order valence-corrected chi connectivity index (χ2v) is 7.64. The predicted octanol–water partition coefficient (Wildman–Crippen LogP) is 4.68. The summed E-state index contributed by atoms with van der Waals surface area (Å²) in [5.41, 5.74) is 1.63. The second kappa shape index (κ2) is 6.23. The lowest BCUT2D eigenvalue weighted by atomic mass is 9.91. The van der Waals surface area contributed by atoms with Crippen LogP contribution < -0.4 is 10.6 Å². The fourth-order valence-corrected chi connectivity index (χ4v) is 4.24. The molecule has 7 nitrogen and oxygen atoms in total. The van der Waals surface area contributed by atoms with E-state index < -0.39 is 17.8 Å². The van der Waals surface area contributed by atoms with Gasteiger partial charge in [0.25, 0.3) is 0 Å². The summed E-state index contributed by atoms with van der Waals surface area (Å²) >= 11 is 0. The standard InChI is InChI=1S/C19H18F3N5O2/c20-19(21,22)13-8-23-17(26-16(13)24-9-1-2-9)25-10-3-4-11-12(7-10)15-6-5-14(11)27(15)18(28)29/h3-4,7-9,14-15H,1-2,5-6H2,(H,28,29)(H2,23,24,25,26)/t14-,15+/m0/s1. The van der Waals surface area contributed by atoms with Crippen LogP contribution in [0.2, 0.25) is 0 Å². The summed E-state index contributed by atoms with van der Waals surface area (Å²) in [5, 5.41) is 15.2. The Morgan fingerprint density at radius 3 is 2.52 bits per heavy atom. The number of fused-ring (bicyclic) bond motifs is 5. The van der Waals surface area contributed by atoms with Crippen molar-refractivity contribution in [1.29, 1.82) is 0 Å². The molecule has 0 radical (unpaired) electrons. The number of nitrogens with zero attached hydrogens (tertiary/aromatic N) is 3. The quantitative estimate of drug-likeness (QED) is 0.684. The lowest BCUT2D eigenvalue weighted by molar-refractivity contribution is -0.137. The number of carboxylic acid groups (broad SMARTS) is 1. The second-order valence-electron chi connectivity index (χ2n) is 7.64. The van der Waals surface area contributed by atoms with E-state index in [2.05, 4.69) is 20.6 Å². The molecular formula is C19H18F3N5O2. The van der Waals surface area contributed by atoms with Gasteiger partial charge in [-0.2, -0.15) is 18.2 Å². The monoisotopic (exact) mass is 405 g/mol. The number of rotatable bonds is 4. The molecule has 0 spiro atoms. The first kappa shape index (κ1) is 18.0. The Labute approximate surface area is 164 Å². The Balaban J connectivity index is 1.42. The zero-order valence-electron chi connectivity index (χ0n) is 15.2. The lowest BCUT2D eigenvalue weighted by Crippen LogP contribution is -2.25. The van der Waals surface area contributed by atoms with E-state index in [4.69, 9.17) is 0 Å². The molecule has 1 aromatic heterocycles. The number of anilines is 3. The minimum absolute atomic E-state index is 0.0106. The van der Waals surface area contributed by atoms with Crippen LogP contribution in [0.15, 0.2) is 24.4 Å². The molecule has 5 rings (SSSR count). The lowest BCUT2D eigenvalue weighted by Gasteiger charge is -2.17. The summed E-state index contributed by atoms with van der Waals surface area (Å²) < 4.78 is 39.7.